The van der Waals surface area contributed by atoms with Crippen LogP contribution in [0.2, 0.25) is 0 Å². The molecule has 0 bridgehead atoms. The molecule has 6 heteroatoms. The first-order chi connectivity index (χ1) is 16.5. The maximum Gasteiger partial charge on any atom is 0.355 e. The Morgan fingerprint density at radius 3 is 1.91 bits per heavy atom. The van der Waals surface area contributed by atoms with Gasteiger partial charge in [0, 0.05) is 22.7 Å². The zero-order valence-electron chi connectivity index (χ0n) is 18.0. The third kappa shape index (κ3) is 4.97. The number of hydrogen-bond donors (Lipinski definition) is 2. The summed E-state index contributed by atoms with van der Waals surface area (Å²) in [4.78, 5) is 30.1. The molecule has 0 spiro atoms. The molecule has 166 valence electrons. The predicted octanol–water partition coefficient (Wildman–Crippen LogP) is 6.05. The second-order valence-corrected chi connectivity index (χ2v) is 7.32. The van der Waals surface area contributed by atoms with Crippen LogP contribution in [0.25, 0.3) is 33.3 Å². The number of carboxylic acid groups (broad SMARTS) is 2. The number of carbonyl (C=O) groups is 2. The smallest absolute Gasteiger partial charge is 0.355 e. The van der Waals surface area contributed by atoms with Crippen LogP contribution < -0.4 is 0 Å². The molecule has 0 aliphatic heterocycles. The lowest BCUT2D eigenvalue weighted by Crippen LogP contribution is -2.10. The van der Waals surface area contributed by atoms with E-state index in [0.717, 1.165) is 11.3 Å². The minimum atomic E-state index is -1.34. The van der Waals surface area contributed by atoms with Crippen LogP contribution in [0.15, 0.2) is 109 Å². The van der Waals surface area contributed by atoms with Crippen molar-refractivity contribution in [1.29, 1.82) is 0 Å². The zero-order valence-corrected chi connectivity index (χ0v) is 18.0. The number of aromatic carboxylic acids is 2. The number of carboxylic acids is 2. The largest absolute Gasteiger partial charge is 0.478 e. The van der Waals surface area contributed by atoms with E-state index in [9.17, 15) is 9.59 Å². The average molecular weight is 448 g/mol. The molecule has 0 unspecified atom stereocenters. The Kier molecular flexibility index (Phi) is 6.70. The van der Waals surface area contributed by atoms with Crippen molar-refractivity contribution in [1.82, 2.24) is 9.97 Å². The molecule has 0 fully saturated rings. The summed E-state index contributed by atoms with van der Waals surface area (Å²) in [5, 5.41) is 18.3. The molecule has 3 aromatic carbocycles. The van der Waals surface area contributed by atoms with E-state index in [1.54, 1.807) is 24.3 Å². The number of pyridine rings is 2. The zero-order chi connectivity index (χ0) is 23.9. The number of rotatable bonds is 4. The van der Waals surface area contributed by atoms with Crippen LogP contribution in [-0.4, -0.2) is 32.1 Å². The van der Waals surface area contributed by atoms with E-state index in [1.165, 1.54) is 17.2 Å². The highest BCUT2D eigenvalue weighted by atomic mass is 16.4. The first-order valence-electron chi connectivity index (χ1n) is 10.5. The second-order valence-electron chi connectivity index (χ2n) is 7.32. The summed E-state index contributed by atoms with van der Waals surface area (Å²) in [7, 11) is 0. The van der Waals surface area contributed by atoms with Crippen LogP contribution in [-0.2, 0) is 0 Å². The standard InChI is InChI=1S/C17H13N.C11H7NO4/c1-3-8-14(9-4-1)16-12-7-13-18-17(16)15-10-5-2-6-11-15;13-10(14)7-5-6-3-1-2-4-8(6)12-9(7)11(15)16/h1-13H;1-5H,(H,13,14)(H,15,16). The molecule has 0 radical (unpaired) electrons. The van der Waals surface area contributed by atoms with E-state index in [1.807, 2.05) is 36.5 Å². The Balaban J connectivity index is 0.000000162. The van der Waals surface area contributed by atoms with E-state index in [-0.39, 0.29) is 5.56 Å². The van der Waals surface area contributed by atoms with Gasteiger partial charge in [0.15, 0.2) is 5.69 Å². The molecule has 0 aliphatic rings. The van der Waals surface area contributed by atoms with Gasteiger partial charge in [0.25, 0.3) is 0 Å². The molecule has 0 saturated carbocycles. The first kappa shape index (κ1) is 22.4. The Labute approximate surface area is 195 Å². The van der Waals surface area contributed by atoms with Crippen molar-refractivity contribution in [2.45, 2.75) is 0 Å². The van der Waals surface area contributed by atoms with Crippen molar-refractivity contribution in [3.8, 4) is 22.4 Å². The van der Waals surface area contributed by atoms with Crippen LogP contribution >= 0.6 is 0 Å². The highest BCUT2D eigenvalue weighted by molar-refractivity contribution is 6.03. The molecular formula is C28H20N2O4. The molecule has 2 N–H and O–H groups in total. The Morgan fingerprint density at radius 1 is 0.647 bits per heavy atom. The number of nitrogens with zero attached hydrogens (tertiary/aromatic N) is 2. The van der Waals surface area contributed by atoms with Crippen molar-refractivity contribution in [3.63, 3.8) is 0 Å². The summed E-state index contributed by atoms with van der Waals surface area (Å²) in [5.74, 6) is -2.64. The second kappa shape index (κ2) is 10.2. The molecule has 0 saturated heterocycles. The van der Waals surface area contributed by atoms with Gasteiger partial charge in [0.2, 0.25) is 0 Å². The van der Waals surface area contributed by atoms with Crippen LogP contribution in [0.4, 0.5) is 0 Å². The van der Waals surface area contributed by atoms with Crippen LogP contribution in [0.1, 0.15) is 20.8 Å². The molecule has 5 aromatic rings. The Hall–Kier alpha value is -4.84. The molecule has 0 atom stereocenters. The number of aromatic nitrogens is 2. The van der Waals surface area contributed by atoms with E-state index in [4.69, 9.17) is 10.2 Å². The highest BCUT2D eigenvalue weighted by Crippen LogP contribution is 2.29. The maximum atomic E-state index is 10.9. The van der Waals surface area contributed by atoms with Crippen LogP contribution in [0, 0.1) is 0 Å². The number of fused-ring (bicyclic) bond motifs is 1. The topological polar surface area (TPSA) is 100 Å². The number of benzene rings is 3. The van der Waals surface area contributed by atoms with E-state index < -0.39 is 17.6 Å². The van der Waals surface area contributed by atoms with Crippen LogP contribution in [0.3, 0.4) is 0 Å². The lowest BCUT2D eigenvalue weighted by molar-refractivity contribution is 0.0647. The first-order valence-corrected chi connectivity index (χ1v) is 10.5. The fourth-order valence-corrected chi connectivity index (χ4v) is 3.52. The van der Waals surface area contributed by atoms with Crippen molar-refractivity contribution >= 4 is 22.8 Å². The highest BCUT2D eigenvalue weighted by Gasteiger charge is 2.18. The molecule has 2 heterocycles. The SMILES string of the molecule is O=C(O)c1cc2ccccc2nc1C(=O)O.c1ccc(-c2cccnc2-c2ccccc2)cc1. The fraction of sp³-hybridized carbons (Fsp3) is 0. The normalized spacial score (nSPS) is 10.2. The third-order valence-corrected chi connectivity index (χ3v) is 5.10. The molecular weight excluding hydrogens is 428 g/mol. The summed E-state index contributed by atoms with van der Waals surface area (Å²) in [5.41, 5.74) is 4.28. The number of hydrogen-bond acceptors (Lipinski definition) is 4. The van der Waals surface area contributed by atoms with Gasteiger partial charge >= 0.3 is 11.9 Å². The van der Waals surface area contributed by atoms with Gasteiger partial charge in [-0.1, -0.05) is 84.9 Å². The summed E-state index contributed by atoms with van der Waals surface area (Å²) >= 11 is 0. The van der Waals surface area contributed by atoms with Gasteiger partial charge < -0.3 is 10.2 Å². The Morgan fingerprint density at radius 2 is 1.26 bits per heavy atom. The van der Waals surface area contributed by atoms with E-state index >= 15 is 0 Å². The van der Waals surface area contributed by atoms with Crippen molar-refractivity contribution in [3.05, 3.63) is 121 Å². The Bertz CT molecular complexity index is 1340. The van der Waals surface area contributed by atoms with Gasteiger partial charge in [-0.3, -0.25) is 4.98 Å². The van der Waals surface area contributed by atoms with Gasteiger partial charge in [-0.15, -0.1) is 0 Å². The van der Waals surface area contributed by atoms with E-state index in [2.05, 4.69) is 52.4 Å². The summed E-state index contributed by atoms with van der Waals surface area (Å²) in [6, 6.07) is 32.8. The predicted molar refractivity (Wildman–Crippen MR) is 131 cm³/mol. The molecule has 6 nitrogen and oxygen atoms in total. The summed E-state index contributed by atoms with van der Waals surface area (Å²) in [6.45, 7) is 0. The van der Waals surface area contributed by atoms with Gasteiger partial charge in [-0.25, -0.2) is 14.6 Å². The minimum absolute atomic E-state index is 0.300. The van der Waals surface area contributed by atoms with E-state index in [0.29, 0.717) is 10.9 Å². The van der Waals surface area contributed by atoms with Crippen LogP contribution in [0.5, 0.6) is 0 Å². The van der Waals surface area contributed by atoms with Gasteiger partial charge in [-0.2, -0.15) is 0 Å². The quantitative estimate of drug-likeness (QED) is 0.347. The molecule has 34 heavy (non-hydrogen) atoms. The van der Waals surface area contributed by atoms with Crippen molar-refractivity contribution in [2.75, 3.05) is 0 Å². The van der Waals surface area contributed by atoms with Gasteiger partial charge in [0.1, 0.15) is 0 Å². The molecule has 0 aliphatic carbocycles. The van der Waals surface area contributed by atoms with Gasteiger partial charge in [0.05, 0.1) is 16.8 Å². The number of para-hydroxylation sites is 1. The summed E-state index contributed by atoms with van der Waals surface area (Å²) < 4.78 is 0. The lowest BCUT2D eigenvalue weighted by Gasteiger charge is -2.08. The fourth-order valence-electron chi connectivity index (χ4n) is 3.52. The molecule has 0 amide bonds. The van der Waals surface area contributed by atoms with Crippen molar-refractivity contribution in [2.24, 2.45) is 0 Å². The maximum absolute atomic E-state index is 10.9. The minimum Gasteiger partial charge on any atom is -0.478 e. The third-order valence-electron chi connectivity index (χ3n) is 5.10. The van der Waals surface area contributed by atoms with Crippen molar-refractivity contribution < 1.29 is 19.8 Å². The average Bonchev–Trinajstić information content (AvgIpc) is 2.89. The monoisotopic (exact) mass is 448 g/mol. The molecule has 2 aromatic heterocycles. The molecule has 5 rings (SSSR count). The summed E-state index contributed by atoms with van der Waals surface area (Å²) in [6.07, 6.45) is 1.84. The lowest BCUT2D eigenvalue weighted by atomic mass is 10.00. The van der Waals surface area contributed by atoms with Gasteiger partial charge in [-0.05, 0) is 23.8 Å².